The van der Waals surface area contributed by atoms with Crippen LogP contribution >= 0.6 is 0 Å². The van der Waals surface area contributed by atoms with Gasteiger partial charge in [-0.05, 0) is 32.1 Å². The van der Waals surface area contributed by atoms with Crippen LogP contribution in [0.2, 0.25) is 0 Å². The molecule has 4 atom stereocenters. The van der Waals surface area contributed by atoms with Crippen molar-refractivity contribution < 1.29 is 23.9 Å². The number of hydrogen-bond donors (Lipinski definition) is 0. The fourth-order valence-electron chi connectivity index (χ4n) is 4.88. The average molecular weight is 364 g/mol. The molecule has 2 amide bonds. The first kappa shape index (κ1) is 17.9. The monoisotopic (exact) mass is 364 g/mol. The Hall–Kier alpha value is -1.47. The number of oxime groups is 1. The van der Waals surface area contributed by atoms with Gasteiger partial charge in [0.2, 0.25) is 11.5 Å². The Labute approximate surface area is 154 Å². The second-order valence-corrected chi connectivity index (χ2v) is 8.14. The molecule has 1 saturated heterocycles. The molecule has 0 bridgehead atoms. The first-order valence-electron chi connectivity index (χ1n) is 9.76. The molecule has 0 aromatic rings. The molecule has 2 saturated carbocycles. The molecule has 0 aromatic carbocycles. The second kappa shape index (κ2) is 6.93. The van der Waals surface area contributed by atoms with E-state index in [-0.39, 0.29) is 36.4 Å². The van der Waals surface area contributed by atoms with E-state index in [0.29, 0.717) is 12.5 Å². The minimum absolute atomic E-state index is 0.0599. The van der Waals surface area contributed by atoms with Crippen molar-refractivity contribution in [3.63, 3.8) is 0 Å². The van der Waals surface area contributed by atoms with Crippen LogP contribution in [0.15, 0.2) is 5.16 Å². The van der Waals surface area contributed by atoms with Crippen LogP contribution in [-0.4, -0.2) is 60.5 Å². The molecule has 2 heterocycles. The van der Waals surface area contributed by atoms with Gasteiger partial charge in [0.15, 0.2) is 0 Å². The number of ether oxygens (including phenoxy) is 2. The lowest BCUT2D eigenvalue weighted by molar-refractivity contribution is -0.146. The molecular formula is C19H28N2O5. The molecule has 0 N–H and O–H groups in total. The van der Waals surface area contributed by atoms with E-state index in [9.17, 15) is 9.59 Å². The molecule has 3 fully saturated rings. The van der Waals surface area contributed by atoms with E-state index in [1.165, 1.54) is 19.9 Å². The minimum atomic E-state index is -1.10. The number of amides is 2. The van der Waals surface area contributed by atoms with E-state index in [0.717, 1.165) is 42.7 Å². The number of methoxy groups -OCH3 is 1. The smallest absolute Gasteiger partial charge is 0.276 e. The third-order valence-electron chi connectivity index (χ3n) is 6.48. The highest BCUT2D eigenvalue weighted by Gasteiger charge is 2.57. The van der Waals surface area contributed by atoms with Crippen molar-refractivity contribution in [2.24, 2.45) is 11.1 Å². The zero-order valence-corrected chi connectivity index (χ0v) is 15.6. The number of imide groups is 1. The molecule has 4 aliphatic rings. The zero-order chi connectivity index (χ0) is 18.3. The lowest BCUT2D eigenvalue weighted by atomic mass is 9.79. The number of carbonyl (C=O) groups excluding carboxylic acids is 2. The number of likely N-dealkylation sites (tertiary alicyclic amines) is 1. The molecule has 144 valence electrons. The Bertz CT molecular complexity index is 615. The summed E-state index contributed by atoms with van der Waals surface area (Å²) in [4.78, 5) is 31.0. The first-order valence-corrected chi connectivity index (χ1v) is 9.76. The van der Waals surface area contributed by atoms with Crippen molar-refractivity contribution in [2.75, 3.05) is 14.2 Å². The molecule has 2 aliphatic heterocycles. The summed E-state index contributed by atoms with van der Waals surface area (Å²) in [5.74, 6) is -0.247. The lowest BCUT2D eigenvalue weighted by Crippen LogP contribution is -2.43. The summed E-state index contributed by atoms with van der Waals surface area (Å²) in [5.41, 5.74) is -0.197. The van der Waals surface area contributed by atoms with Crippen LogP contribution in [0.3, 0.4) is 0 Å². The summed E-state index contributed by atoms with van der Waals surface area (Å²) in [6.07, 6.45) is 8.46. The molecule has 7 heteroatoms. The van der Waals surface area contributed by atoms with Gasteiger partial charge < -0.3 is 14.3 Å². The third-order valence-corrected chi connectivity index (χ3v) is 6.48. The molecule has 0 aromatic heterocycles. The van der Waals surface area contributed by atoms with Gasteiger partial charge in [0.25, 0.3) is 5.91 Å². The molecule has 7 nitrogen and oxygen atoms in total. The van der Waals surface area contributed by atoms with Crippen LogP contribution in [0.4, 0.5) is 0 Å². The molecule has 0 radical (unpaired) electrons. The van der Waals surface area contributed by atoms with Gasteiger partial charge in [-0.25, -0.2) is 0 Å². The Morgan fingerprint density at radius 3 is 2.54 bits per heavy atom. The van der Waals surface area contributed by atoms with Gasteiger partial charge in [-0.15, -0.1) is 0 Å². The predicted molar refractivity (Wildman–Crippen MR) is 93.5 cm³/mol. The maximum Gasteiger partial charge on any atom is 0.276 e. The predicted octanol–water partition coefficient (Wildman–Crippen LogP) is 2.03. The fraction of sp³-hybridized carbons (Fsp3) is 0.842. The van der Waals surface area contributed by atoms with E-state index in [4.69, 9.17) is 14.3 Å². The van der Waals surface area contributed by atoms with Crippen molar-refractivity contribution in [1.82, 2.24) is 4.90 Å². The molecule has 4 unspecified atom stereocenters. The van der Waals surface area contributed by atoms with Crippen molar-refractivity contribution in [1.29, 1.82) is 0 Å². The van der Waals surface area contributed by atoms with Crippen molar-refractivity contribution >= 4 is 17.5 Å². The lowest BCUT2D eigenvalue weighted by Gasteiger charge is -2.36. The summed E-state index contributed by atoms with van der Waals surface area (Å²) in [5, 5.41) is 4.25. The van der Waals surface area contributed by atoms with Crippen LogP contribution in [0.25, 0.3) is 0 Å². The van der Waals surface area contributed by atoms with Crippen LogP contribution in [0.1, 0.15) is 57.8 Å². The normalized spacial score (nSPS) is 38.3. The van der Waals surface area contributed by atoms with Gasteiger partial charge in [0.05, 0.1) is 30.4 Å². The highest BCUT2D eigenvalue weighted by molar-refractivity contribution is 6.10. The Kier molecular flexibility index (Phi) is 4.77. The van der Waals surface area contributed by atoms with Gasteiger partial charge in [-0.2, -0.15) is 0 Å². The van der Waals surface area contributed by atoms with E-state index in [1.807, 2.05) is 0 Å². The van der Waals surface area contributed by atoms with E-state index >= 15 is 0 Å². The van der Waals surface area contributed by atoms with Crippen LogP contribution in [0, 0.1) is 5.92 Å². The zero-order valence-electron chi connectivity index (χ0n) is 15.6. The summed E-state index contributed by atoms with van der Waals surface area (Å²) < 4.78 is 12.0. The number of likely N-dealkylation sites (N-methyl/N-ethyl adjacent to an activating group) is 1. The molecular weight excluding hydrogens is 336 g/mol. The minimum Gasteiger partial charge on any atom is -0.379 e. The number of hydrogen-bond acceptors (Lipinski definition) is 6. The second-order valence-electron chi connectivity index (χ2n) is 8.14. The summed E-state index contributed by atoms with van der Waals surface area (Å²) in [6.45, 7) is 0. The molecule has 1 spiro atoms. The van der Waals surface area contributed by atoms with Crippen molar-refractivity contribution in [3.05, 3.63) is 0 Å². The average Bonchev–Trinajstić information content (AvgIpc) is 3.34. The fourth-order valence-corrected chi connectivity index (χ4v) is 4.88. The Morgan fingerprint density at radius 2 is 1.88 bits per heavy atom. The van der Waals surface area contributed by atoms with Gasteiger partial charge in [0, 0.05) is 26.5 Å². The highest BCUT2D eigenvalue weighted by Crippen LogP contribution is 2.40. The molecule has 2 aliphatic carbocycles. The van der Waals surface area contributed by atoms with Gasteiger partial charge >= 0.3 is 0 Å². The summed E-state index contributed by atoms with van der Waals surface area (Å²) >= 11 is 0. The number of carbonyl (C=O) groups is 2. The maximum absolute atomic E-state index is 12.4. The standard InChI is InChI=1S/C19H28N2O5/c1-21-17(22)11-19(18(21)23)10-14(20-26-19)12-7-8-15(24-2)16(9-12)25-13-5-3-4-6-13/h12-13,15-16H,3-11H2,1-2H3. The Morgan fingerprint density at radius 1 is 1.12 bits per heavy atom. The van der Waals surface area contributed by atoms with Crippen LogP contribution in [-0.2, 0) is 23.9 Å². The molecule has 4 rings (SSSR count). The topological polar surface area (TPSA) is 77.4 Å². The van der Waals surface area contributed by atoms with E-state index in [1.54, 1.807) is 7.11 Å². The van der Waals surface area contributed by atoms with Crippen molar-refractivity contribution in [2.45, 2.75) is 81.7 Å². The van der Waals surface area contributed by atoms with Gasteiger partial charge in [-0.1, -0.05) is 18.0 Å². The Balaban J connectivity index is 1.42. The largest absolute Gasteiger partial charge is 0.379 e. The summed E-state index contributed by atoms with van der Waals surface area (Å²) in [6, 6.07) is 0. The van der Waals surface area contributed by atoms with Crippen LogP contribution < -0.4 is 0 Å². The highest BCUT2D eigenvalue weighted by atomic mass is 16.7. The van der Waals surface area contributed by atoms with Gasteiger partial charge in [0.1, 0.15) is 0 Å². The quantitative estimate of drug-likeness (QED) is 0.714. The van der Waals surface area contributed by atoms with E-state index < -0.39 is 5.60 Å². The molecule has 26 heavy (non-hydrogen) atoms. The van der Waals surface area contributed by atoms with Gasteiger partial charge in [-0.3, -0.25) is 14.5 Å². The SMILES string of the molecule is COC1CCC(C2=NOC3(CC(=O)N(C)C3=O)C2)CC1OC1CCCC1. The van der Waals surface area contributed by atoms with Crippen LogP contribution in [0.5, 0.6) is 0 Å². The number of rotatable bonds is 4. The maximum atomic E-state index is 12.4. The summed E-state index contributed by atoms with van der Waals surface area (Å²) in [7, 11) is 3.26. The van der Waals surface area contributed by atoms with E-state index in [2.05, 4.69) is 5.16 Å². The third kappa shape index (κ3) is 3.05. The number of nitrogens with zero attached hydrogens (tertiary/aromatic N) is 2. The van der Waals surface area contributed by atoms with Crippen molar-refractivity contribution in [3.8, 4) is 0 Å². The first-order chi connectivity index (χ1) is 12.5.